The first kappa shape index (κ1) is 18.9. The average Bonchev–Trinajstić information content (AvgIpc) is 2.58. The zero-order valence-electron chi connectivity index (χ0n) is 13.9. The molecule has 0 fully saturated rings. The van der Waals surface area contributed by atoms with Crippen LogP contribution in [0.3, 0.4) is 0 Å². The second-order valence-corrected chi connectivity index (χ2v) is 5.65. The van der Waals surface area contributed by atoms with E-state index in [4.69, 9.17) is 11.6 Å². The van der Waals surface area contributed by atoms with Crippen molar-refractivity contribution in [1.29, 1.82) is 0 Å². The predicted octanol–water partition coefficient (Wildman–Crippen LogP) is 3.51. The van der Waals surface area contributed by atoms with Crippen molar-refractivity contribution in [1.82, 2.24) is 15.6 Å². The number of ether oxygens (including phenoxy) is 1. The molecular formula is C17H19ClF2N4O. The maximum Gasteiger partial charge on any atom is 0.387 e. The molecular weight excluding hydrogens is 350 g/mol. The van der Waals surface area contributed by atoms with Crippen LogP contribution < -0.4 is 15.4 Å². The van der Waals surface area contributed by atoms with Crippen LogP contribution in [-0.2, 0) is 13.1 Å². The van der Waals surface area contributed by atoms with E-state index in [1.807, 2.05) is 13.0 Å². The van der Waals surface area contributed by atoms with Crippen molar-refractivity contribution in [2.75, 3.05) is 7.05 Å². The van der Waals surface area contributed by atoms with Gasteiger partial charge in [-0.05, 0) is 24.6 Å². The maximum atomic E-state index is 12.5. The Morgan fingerprint density at radius 3 is 2.64 bits per heavy atom. The van der Waals surface area contributed by atoms with Crippen LogP contribution in [-0.4, -0.2) is 24.6 Å². The molecule has 0 saturated heterocycles. The summed E-state index contributed by atoms with van der Waals surface area (Å²) in [5, 5.41) is 6.62. The summed E-state index contributed by atoms with van der Waals surface area (Å²) < 4.78 is 29.6. The fourth-order valence-corrected chi connectivity index (χ4v) is 2.27. The van der Waals surface area contributed by atoms with Crippen molar-refractivity contribution in [3.63, 3.8) is 0 Å². The van der Waals surface area contributed by atoms with E-state index in [2.05, 4.69) is 25.3 Å². The van der Waals surface area contributed by atoms with Crippen molar-refractivity contribution in [2.45, 2.75) is 26.6 Å². The molecule has 25 heavy (non-hydrogen) atoms. The molecule has 1 aromatic heterocycles. The Morgan fingerprint density at radius 1 is 1.24 bits per heavy atom. The second-order valence-electron chi connectivity index (χ2n) is 5.26. The number of benzene rings is 1. The van der Waals surface area contributed by atoms with Gasteiger partial charge in [0, 0.05) is 31.9 Å². The Balaban J connectivity index is 1.96. The third-order valence-corrected chi connectivity index (χ3v) is 3.57. The summed E-state index contributed by atoms with van der Waals surface area (Å²) >= 11 is 5.75. The van der Waals surface area contributed by atoms with Gasteiger partial charge in [-0.1, -0.05) is 35.4 Å². The van der Waals surface area contributed by atoms with Gasteiger partial charge in [0.05, 0.1) is 0 Å². The highest BCUT2D eigenvalue weighted by molar-refractivity contribution is 6.29. The zero-order valence-corrected chi connectivity index (χ0v) is 14.6. The summed E-state index contributed by atoms with van der Waals surface area (Å²) in [4.78, 5) is 8.11. The van der Waals surface area contributed by atoms with Crippen molar-refractivity contribution >= 4 is 17.6 Å². The minimum Gasteiger partial charge on any atom is -0.434 e. The number of aryl methyl sites for hydroxylation is 1. The van der Waals surface area contributed by atoms with Crippen molar-refractivity contribution in [3.8, 4) is 5.75 Å². The topological polar surface area (TPSA) is 58.5 Å². The van der Waals surface area contributed by atoms with E-state index in [1.54, 1.807) is 31.4 Å². The maximum absolute atomic E-state index is 12.5. The van der Waals surface area contributed by atoms with Crippen LogP contribution in [0.25, 0.3) is 0 Å². The third-order valence-electron chi connectivity index (χ3n) is 3.35. The molecule has 0 radical (unpaired) electrons. The number of aliphatic imine (C=N–C) groups is 1. The average molecular weight is 369 g/mol. The van der Waals surface area contributed by atoms with Crippen LogP contribution in [0.1, 0.15) is 16.7 Å². The normalized spacial score (nSPS) is 11.5. The first-order chi connectivity index (χ1) is 12.0. The number of nitrogens with one attached hydrogen (secondary N) is 2. The van der Waals surface area contributed by atoms with Gasteiger partial charge in [0.25, 0.3) is 0 Å². The van der Waals surface area contributed by atoms with Crippen molar-refractivity contribution in [3.05, 3.63) is 58.4 Å². The van der Waals surface area contributed by atoms with Crippen LogP contribution >= 0.6 is 11.6 Å². The van der Waals surface area contributed by atoms with Gasteiger partial charge >= 0.3 is 6.61 Å². The molecule has 0 aliphatic heterocycles. The number of halogens is 3. The number of aromatic nitrogens is 1. The lowest BCUT2D eigenvalue weighted by Gasteiger charge is -2.15. The van der Waals surface area contributed by atoms with Crippen LogP contribution in [0.2, 0.25) is 5.15 Å². The standard InChI is InChI=1S/C17H19ClF2N4O/c1-11-3-5-14(25-16(19)20)13(7-11)10-24-17(21-2)23-9-12-4-6-15(18)22-8-12/h3-8,16H,9-10H2,1-2H3,(H2,21,23,24). The van der Waals surface area contributed by atoms with Gasteiger partial charge in [0.1, 0.15) is 10.9 Å². The molecule has 0 aliphatic rings. The van der Waals surface area contributed by atoms with Gasteiger partial charge in [-0.15, -0.1) is 0 Å². The highest BCUT2D eigenvalue weighted by Gasteiger charge is 2.10. The van der Waals surface area contributed by atoms with E-state index in [1.165, 1.54) is 6.07 Å². The number of hydrogen-bond donors (Lipinski definition) is 2. The van der Waals surface area contributed by atoms with Crippen LogP contribution in [0.4, 0.5) is 8.78 Å². The fraction of sp³-hybridized carbons (Fsp3) is 0.294. The van der Waals surface area contributed by atoms with Crippen molar-refractivity contribution in [2.24, 2.45) is 4.99 Å². The van der Waals surface area contributed by atoms with Gasteiger partial charge in [-0.25, -0.2) is 4.98 Å². The lowest BCUT2D eigenvalue weighted by atomic mass is 10.1. The third kappa shape index (κ3) is 6.19. The van der Waals surface area contributed by atoms with Crippen molar-refractivity contribution < 1.29 is 13.5 Å². The van der Waals surface area contributed by atoms with Crippen LogP contribution in [0.15, 0.2) is 41.5 Å². The molecule has 0 aliphatic carbocycles. The summed E-state index contributed by atoms with van der Waals surface area (Å²) in [5.41, 5.74) is 2.51. The highest BCUT2D eigenvalue weighted by atomic mass is 35.5. The molecule has 0 amide bonds. The van der Waals surface area contributed by atoms with Gasteiger partial charge in [-0.3, -0.25) is 4.99 Å². The Bertz CT molecular complexity index is 723. The second kappa shape index (κ2) is 9.17. The zero-order chi connectivity index (χ0) is 18.2. The molecule has 134 valence electrons. The molecule has 0 atom stereocenters. The number of guanidine groups is 1. The SMILES string of the molecule is CN=C(NCc1ccc(Cl)nc1)NCc1cc(C)ccc1OC(F)F. The lowest BCUT2D eigenvalue weighted by molar-refractivity contribution is -0.0504. The van der Waals surface area contributed by atoms with E-state index in [9.17, 15) is 8.78 Å². The Hall–Kier alpha value is -2.41. The molecule has 0 saturated carbocycles. The number of alkyl halides is 2. The first-order valence-electron chi connectivity index (χ1n) is 7.57. The monoisotopic (exact) mass is 368 g/mol. The Labute approximate surface area is 150 Å². The molecule has 5 nitrogen and oxygen atoms in total. The van der Waals surface area contributed by atoms with E-state index >= 15 is 0 Å². The molecule has 0 unspecified atom stereocenters. The molecule has 1 heterocycles. The molecule has 2 N–H and O–H groups in total. The van der Waals surface area contributed by atoms with E-state index < -0.39 is 6.61 Å². The van der Waals surface area contributed by atoms with Gasteiger partial charge in [-0.2, -0.15) is 8.78 Å². The number of hydrogen-bond acceptors (Lipinski definition) is 3. The molecule has 2 rings (SSSR count). The van der Waals surface area contributed by atoms with Gasteiger partial charge < -0.3 is 15.4 Å². The van der Waals surface area contributed by atoms with E-state index in [0.29, 0.717) is 29.8 Å². The number of pyridine rings is 1. The molecule has 2 aromatic rings. The number of nitrogens with zero attached hydrogens (tertiary/aromatic N) is 2. The summed E-state index contributed by atoms with van der Waals surface area (Å²) in [6.07, 6.45) is 1.66. The van der Waals surface area contributed by atoms with Crippen LogP contribution in [0, 0.1) is 6.92 Å². The van der Waals surface area contributed by atoms with E-state index in [-0.39, 0.29) is 5.75 Å². The molecule has 0 spiro atoms. The fourth-order valence-electron chi connectivity index (χ4n) is 2.15. The minimum atomic E-state index is -2.86. The van der Waals surface area contributed by atoms with Gasteiger partial charge in [0.2, 0.25) is 0 Å². The summed E-state index contributed by atoms with van der Waals surface area (Å²) in [5.74, 6) is 0.671. The summed E-state index contributed by atoms with van der Waals surface area (Å²) in [6.45, 7) is -0.187. The molecule has 1 aromatic carbocycles. The minimum absolute atomic E-state index is 0.144. The van der Waals surface area contributed by atoms with E-state index in [0.717, 1.165) is 11.1 Å². The predicted molar refractivity (Wildman–Crippen MR) is 94.1 cm³/mol. The first-order valence-corrected chi connectivity index (χ1v) is 7.95. The lowest BCUT2D eigenvalue weighted by Crippen LogP contribution is -2.36. The summed E-state index contributed by atoms with van der Waals surface area (Å²) in [7, 11) is 1.63. The molecule has 8 heteroatoms. The Kier molecular flexibility index (Phi) is 6.94. The smallest absolute Gasteiger partial charge is 0.387 e. The van der Waals surface area contributed by atoms with Crippen LogP contribution in [0.5, 0.6) is 5.75 Å². The van der Waals surface area contributed by atoms with Gasteiger partial charge in [0.15, 0.2) is 5.96 Å². The highest BCUT2D eigenvalue weighted by Crippen LogP contribution is 2.21. The Morgan fingerprint density at radius 2 is 2.00 bits per heavy atom. The number of rotatable bonds is 6. The molecule has 0 bridgehead atoms. The summed E-state index contributed by atoms with van der Waals surface area (Å²) in [6, 6.07) is 8.61. The quantitative estimate of drug-likeness (QED) is 0.465. The largest absolute Gasteiger partial charge is 0.434 e.